The molecule has 0 saturated carbocycles. The second-order valence-corrected chi connectivity index (χ2v) is 12.7. The summed E-state index contributed by atoms with van der Waals surface area (Å²) in [7, 11) is 0. The van der Waals surface area contributed by atoms with Gasteiger partial charge >= 0.3 is 0 Å². The van der Waals surface area contributed by atoms with E-state index in [1.165, 1.54) is 11.8 Å². The number of thioether (sulfide) groups is 1. The van der Waals surface area contributed by atoms with Crippen molar-refractivity contribution in [2.45, 2.75) is 17.1 Å². The van der Waals surface area contributed by atoms with Gasteiger partial charge in [0.1, 0.15) is 10.9 Å². The fraction of sp³-hybridized carbons (Fsp3) is 0.0541. The summed E-state index contributed by atoms with van der Waals surface area (Å²) < 4.78 is 0.892. The topological polar surface area (TPSA) is 87.3 Å². The fourth-order valence-corrected chi connectivity index (χ4v) is 6.01. The van der Waals surface area contributed by atoms with E-state index in [4.69, 9.17) is 11.6 Å². The number of benzene rings is 5. The van der Waals surface area contributed by atoms with E-state index in [-0.39, 0.29) is 11.6 Å². The van der Waals surface area contributed by atoms with E-state index in [1.54, 1.807) is 60.7 Å². The highest BCUT2D eigenvalue weighted by Gasteiger charge is 2.23. The van der Waals surface area contributed by atoms with E-state index >= 15 is 0 Å². The van der Waals surface area contributed by atoms with Crippen molar-refractivity contribution in [2.24, 2.45) is 0 Å². The van der Waals surface area contributed by atoms with Gasteiger partial charge in [-0.1, -0.05) is 100 Å². The Hall–Kier alpha value is -4.63. The van der Waals surface area contributed by atoms with Crippen molar-refractivity contribution in [2.75, 3.05) is 10.6 Å². The van der Waals surface area contributed by atoms with E-state index in [1.807, 2.05) is 79.7 Å². The van der Waals surface area contributed by atoms with Crippen LogP contribution in [0.5, 0.6) is 0 Å². The molecule has 0 fully saturated rings. The Kier molecular flexibility index (Phi) is 11.1. The quantitative estimate of drug-likeness (QED) is 0.0996. The smallest absolute Gasteiger partial charge is 0.272 e. The molecule has 0 aliphatic heterocycles. The molecule has 5 aromatic carbocycles. The van der Waals surface area contributed by atoms with Gasteiger partial charge in [0.15, 0.2) is 0 Å². The van der Waals surface area contributed by atoms with Crippen LogP contribution in [0.2, 0.25) is 5.02 Å². The minimum absolute atomic E-state index is 0.0765. The van der Waals surface area contributed by atoms with E-state index in [9.17, 15) is 14.4 Å². The Morgan fingerprint density at radius 2 is 1.46 bits per heavy atom. The summed E-state index contributed by atoms with van der Waals surface area (Å²) in [5.41, 5.74) is 3.98. The van der Waals surface area contributed by atoms with Gasteiger partial charge in [-0.25, -0.2) is 0 Å². The average Bonchev–Trinajstić information content (AvgIpc) is 3.07. The van der Waals surface area contributed by atoms with Crippen LogP contribution in [0, 0.1) is 6.92 Å². The maximum absolute atomic E-state index is 13.7. The molecule has 0 heterocycles. The molecule has 1 atom stereocenters. The number of carbonyl (C=O) groups is 3. The van der Waals surface area contributed by atoms with Crippen molar-refractivity contribution in [3.05, 3.63) is 165 Å². The SMILES string of the molecule is Cc1c(Cl)cccc1NC(=O)C(Sc1cccc(NC(=O)/C(=C\c2ccc(Br)cc2)NC(=O)c2ccccc2)c1)c1ccccc1. The first-order valence-electron chi connectivity index (χ1n) is 14.3. The van der Waals surface area contributed by atoms with Crippen LogP contribution in [0.1, 0.15) is 32.3 Å². The molecule has 46 heavy (non-hydrogen) atoms. The molecule has 3 amide bonds. The first kappa shape index (κ1) is 32.8. The van der Waals surface area contributed by atoms with Crippen LogP contribution in [0.15, 0.2) is 142 Å². The number of amides is 3. The van der Waals surface area contributed by atoms with Crippen molar-refractivity contribution in [1.29, 1.82) is 0 Å². The molecule has 0 aliphatic rings. The first-order chi connectivity index (χ1) is 22.3. The zero-order valence-electron chi connectivity index (χ0n) is 24.7. The second-order valence-electron chi connectivity index (χ2n) is 10.2. The van der Waals surface area contributed by atoms with E-state index in [2.05, 4.69) is 31.9 Å². The lowest BCUT2D eigenvalue weighted by molar-refractivity contribution is -0.116. The minimum atomic E-state index is -0.594. The molecule has 0 aromatic heterocycles. The maximum Gasteiger partial charge on any atom is 0.272 e. The van der Waals surface area contributed by atoms with Crippen molar-refractivity contribution in [3.63, 3.8) is 0 Å². The first-order valence-corrected chi connectivity index (χ1v) is 16.3. The number of rotatable bonds is 10. The third-order valence-electron chi connectivity index (χ3n) is 6.92. The zero-order chi connectivity index (χ0) is 32.5. The van der Waals surface area contributed by atoms with Crippen LogP contribution in [-0.2, 0) is 9.59 Å². The number of hydrogen-bond donors (Lipinski definition) is 3. The van der Waals surface area contributed by atoms with E-state index in [0.29, 0.717) is 22.0 Å². The van der Waals surface area contributed by atoms with Gasteiger partial charge in [-0.2, -0.15) is 0 Å². The Labute approximate surface area is 285 Å². The number of carbonyl (C=O) groups excluding carboxylic acids is 3. The summed E-state index contributed by atoms with van der Waals surface area (Å²) in [6.45, 7) is 1.86. The summed E-state index contributed by atoms with van der Waals surface area (Å²) >= 11 is 11.1. The number of nitrogens with one attached hydrogen (secondary N) is 3. The highest BCUT2D eigenvalue weighted by molar-refractivity contribution is 9.10. The lowest BCUT2D eigenvalue weighted by Gasteiger charge is -2.19. The highest BCUT2D eigenvalue weighted by atomic mass is 79.9. The van der Waals surface area contributed by atoms with Crippen LogP contribution < -0.4 is 16.0 Å². The molecule has 5 aromatic rings. The fourth-order valence-electron chi connectivity index (χ4n) is 4.49. The summed E-state index contributed by atoms with van der Waals surface area (Å²) in [5, 5.41) is 8.67. The lowest BCUT2D eigenvalue weighted by Crippen LogP contribution is -2.30. The molecule has 3 N–H and O–H groups in total. The van der Waals surface area contributed by atoms with Crippen LogP contribution in [-0.4, -0.2) is 17.7 Å². The second kappa shape index (κ2) is 15.6. The van der Waals surface area contributed by atoms with Crippen LogP contribution in [0.3, 0.4) is 0 Å². The third kappa shape index (κ3) is 8.75. The maximum atomic E-state index is 13.7. The van der Waals surface area contributed by atoms with Gasteiger partial charge in [-0.05, 0) is 84.3 Å². The van der Waals surface area contributed by atoms with Gasteiger partial charge in [0, 0.05) is 31.3 Å². The molecule has 6 nitrogen and oxygen atoms in total. The Balaban J connectivity index is 1.38. The molecule has 0 radical (unpaired) electrons. The van der Waals surface area contributed by atoms with Crippen LogP contribution in [0.25, 0.3) is 6.08 Å². The number of hydrogen-bond acceptors (Lipinski definition) is 4. The minimum Gasteiger partial charge on any atom is -0.325 e. The summed E-state index contributed by atoms with van der Waals surface area (Å²) in [5.74, 6) is -1.11. The summed E-state index contributed by atoms with van der Waals surface area (Å²) in [6.07, 6.45) is 1.62. The zero-order valence-corrected chi connectivity index (χ0v) is 27.8. The summed E-state index contributed by atoms with van der Waals surface area (Å²) in [6, 6.07) is 38.2. The standard InChI is InChI=1S/C37H29BrClN3O3S/c1-24-31(39)16-9-17-32(24)41-37(45)34(26-10-4-2-5-11-26)46-30-15-8-14-29(23-30)40-36(44)33(22-25-18-20-28(38)21-19-25)42-35(43)27-12-6-3-7-13-27/h2-23,34H,1H3,(H,40,44)(H,41,45)(H,42,43)/b33-22+. The Morgan fingerprint density at radius 3 is 2.17 bits per heavy atom. The van der Waals surface area contributed by atoms with Gasteiger partial charge in [-0.3, -0.25) is 14.4 Å². The Bertz CT molecular complexity index is 1880. The third-order valence-corrected chi connectivity index (χ3v) is 9.11. The van der Waals surface area contributed by atoms with Crippen molar-refractivity contribution < 1.29 is 14.4 Å². The monoisotopic (exact) mass is 709 g/mol. The Morgan fingerprint density at radius 1 is 0.783 bits per heavy atom. The van der Waals surface area contributed by atoms with Crippen LogP contribution in [0.4, 0.5) is 11.4 Å². The van der Waals surface area contributed by atoms with Gasteiger partial charge < -0.3 is 16.0 Å². The van der Waals surface area contributed by atoms with Crippen molar-refractivity contribution in [1.82, 2.24) is 5.32 Å². The molecule has 0 aliphatic carbocycles. The van der Waals surface area contributed by atoms with Gasteiger partial charge in [0.05, 0.1) is 0 Å². The van der Waals surface area contributed by atoms with Crippen molar-refractivity contribution in [3.8, 4) is 0 Å². The van der Waals surface area contributed by atoms with Gasteiger partial charge in [-0.15, -0.1) is 11.8 Å². The molecule has 0 spiro atoms. The molecular weight excluding hydrogens is 682 g/mol. The highest BCUT2D eigenvalue weighted by Crippen LogP contribution is 2.38. The van der Waals surface area contributed by atoms with E-state index in [0.717, 1.165) is 26.1 Å². The lowest BCUT2D eigenvalue weighted by atomic mass is 10.1. The average molecular weight is 711 g/mol. The predicted molar refractivity (Wildman–Crippen MR) is 191 cm³/mol. The molecule has 5 rings (SSSR count). The number of anilines is 2. The predicted octanol–water partition coefficient (Wildman–Crippen LogP) is 9.29. The van der Waals surface area contributed by atoms with Crippen LogP contribution >= 0.6 is 39.3 Å². The number of halogens is 2. The molecular formula is C37H29BrClN3O3S. The van der Waals surface area contributed by atoms with E-state index < -0.39 is 17.1 Å². The van der Waals surface area contributed by atoms with Gasteiger partial charge in [0.25, 0.3) is 11.8 Å². The summed E-state index contributed by atoms with van der Waals surface area (Å²) in [4.78, 5) is 41.0. The molecule has 230 valence electrons. The van der Waals surface area contributed by atoms with Gasteiger partial charge in [0.2, 0.25) is 5.91 Å². The molecule has 9 heteroatoms. The molecule has 1 unspecified atom stereocenters. The molecule has 0 bridgehead atoms. The van der Waals surface area contributed by atoms with Crippen molar-refractivity contribution >= 4 is 74.5 Å². The largest absolute Gasteiger partial charge is 0.325 e. The normalized spacial score (nSPS) is 11.8. The molecule has 0 saturated heterocycles.